The number of fused-ring (bicyclic) bond motifs is 1. The van der Waals surface area contributed by atoms with Crippen molar-refractivity contribution in [2.24, 2.45) is 0 Å². The third kappa shape index (κ3) is 3.34. The van der Waals surface area contributed by atoms with Crippen LogP contribution in [0.4, 0.5) is 24.5 Å². The molecular weight excluding hydrogens is 353 g/mol. The number of nitrogens with one attached hydrogen (secondary N) is 1. The van der Waals surface area contributed by atoms with E-state index in [0.717, 1.165) is 4.57 Å². The summed E-state index contributed by atoms with van der Waals surface area (Å²) in [7, 11) is 0. The summed E-state index contributed by atoms with van der Waals surface area (Å²) in [6, 6.07) is 11.2. The molecule has 26 heavy (non-hydrogen) atoms. The van der Waals surface area contributed by atoms with Gasteiger partial charge in [0.1, 0.15) is 12.2 Å². The van der Waals surface area contributed by atoms with Crippen LogP contribution in [-0.2, 0) is 17.5 Å². The van der Waals surface area contributed by atoms with Crippen LogP contribution in [0.3, 0.4) is 0 Å². The third-order valence-corrected chi connectivity index (χ3v) is 3.58. The Kier molecular flexibility index (Phi) is 4.33. The van der Waals surface area contributed by atoms with Crippen LogP contribution in [-0.4, -0.2) is 20.4 Å². The first-order valence-corrected chi connectivity index (χ1v) is 7.33. The van der Waals surface area contributed by atoms with E-state index < -0.39 is 29.4 Å². The molecule has 1 amide bonds. The molecule has 3 aromatic rings. The summed E-state index contributed by atoms with van der Waals surface area (Å²) in [4.78, 5) is 26.0. The normalized spacial score (nSPS) is 11.5. The van der Waals surface area contributed by atoms with Crippen molar-refractivity contribution >= 4 is 28.3 Å². The second kappa shape index (κ2) is 6.47. The zero-order valence-electron chi connectivity index (χ0n) is 13.0. The SMILES string of the molecule is O=C(Cn1c(C(F)(F)F)nc2ccccc21)Nc1ccccc1[N+](=O)[O-]. The molecule has 0 atom stereocenters. The molecule has 0 aliphatic heterocycles. The van der Waals surface area contributed by atoms with Crippen LogP contribution in [0.5, 0.6) is 0 Å². The molecule has 3 rings (SSSR count). The summed E-state index contributed by atoms with van der Waals surface area (Å²) in [6.07, 6.45) is -4.75. The molecule has 0 saturated carbocycles. The van der Waals surface area contributed by atoms with Crippen molar-refractivity contribution in [3.8, 4) is 0 Å². The molecule has 0 spiro atoms. The Balaban J connectivity index is 1.94. The highest BCUT2D eigenvalue weighted by Crippen LogP contribution is 2.31. The van der Waals surface area contributed by atoms with E-state index >= 15 is 0 Å². The van der Waals surface area contributed by atoms with Crippen molar-refractivity contribution in [3.63, 3.8) is 0 Å². The minimum atomic E-state index is -4.75. The minimum absolute atomic E-state index is 0.0957. The van der Waals surface area contributed by atoms with Crippen molar-refractivity contribution in [1.82, 2.24) is 9.55 Å². The second-order valence-corrected chi connectivity index (χ2v) is 5.33. The molecule has 0 fully saturated rings. The minimum Gasteiger partial charge on any atom is -0.319 e. The van der Waals surface area contributed by atoms with Gasteiger partial charge in [-0.05, 0) is 18.2 Å². The van der Waals surface area contributed by atoms with E-state index in [4.69, 9.17) is 0 Å². The predicted octanol–water partition coefficient (Wildman–Crippen LogP) is 3.60. The average Bonchev–Trinajstić information content (AvgIpc) is 2.94. The number of nitro benzene ring substituents is 1. The monoisotopic (exact) mass is 364 g/mol. The van der Waals surface area contributed by atoms with Gasteiger partial charge in [-0.25, -0.2) is 4.98 Å². The van der Waals surface area contributed by atoms with Crippen LogP contribution >= 0.6 is 0 Å². The fraction of sp³-hybridized carbons (Fsp3) is 0.125. The molecule has 0 unspecified atom stereocenters. The lowest BCUT2D eigenvalue weighted by molar-refractivity contribution is -0.383. The quantitative estimate of drug-likeness (QED) is 0.566. The number of carbonyl (C=O) groups excluding carboxylic acids is 1. The van der Waals surface area contributed by atoms with Crippen molar-refractivity contribution in [2.75, 3.05) is 5.32 Å². The van der Waals surface area contributed by atoms with Gasteiger partial charge in [-0.3, -0.25) is 14.9 Å². The molecule has 0 radical (unpaired) electrons. The topological polar surface area (TPSA) is 90.1 Å². The summed E-state index contributed by atoms with van der Waals surface area (Å²) in [5.41, 5.74) is -0.219. The highest BCUT2D eigenvalue weighted by atomic mass is 19.4. The van der Waals surface area contributed by atoms with E-state index in [-0.39, 0.29) is 22.4 Å². The molecule has 1 N–H and O–H groups in total. The third-order valence-electron chi connectivity index (χ3n) is 3.58. The predicted molar refractivity (Wildman–Crippen MR) is 86.5 cm³/mol. The number of nitro groups is 1. The van der Waals surface area contributed by atoms with Crippen LogP contribution < -0.4 is 5.32 Å². The van der Waals surface area contributed by atoms with Crippen LogP contribution in [0.2, 0.25) is 0 Å². The van der Waals surface area contributed by atoms with Crippen LogP contribution in [0.1, 0.15) is 5.82 Å². The Hall–Kier alpha value is -3.43. The summed E-state index contributed by atoms with van der Waals surface area (Å²) < 4.78 is 40.4. The molecule has 0 bridgehead atoms. The molecule has 10 heteroatoms. The van der Waals surface area contributed by atoms with Gasteiger partial charge in [0.25, 0.3) is 5.69 Å². The number of rotatable bonds is 4. The number of hydrogen-bond acceptors (Lipinski definition) is 4. The molecule has 1 aromatic heterocycles. The first-order valence-electron chi connectivity index (χ1n) is 7.33. The summed E-state index contributed by atoms with van der Waals surface area (Å²) in [6.45, 7) is -0.693. The zero-order chi connectivity index (χ0) is 18.9. The number of alkyl halides is 3. The van der Waals surface area contributed by atoms with Gasteiger partial charge in [-0.2, -0.15) is 13.2 Å². The van der Waals surface area contributed by atoms with Gasteiger partial charge < -0.3 is 9.88 Å². The molecule has 1 heterocycles. The summed E-state index contributed by atoms with van der Waals surface area (Å²) in [5, 5.41) is 13.2. The van der Waals surface area contributed by atoms with E-state index in [1.54, 1.807) is 0 Å². The highest BCUT2D eigenvalue weighted by molar-refractivity contribution is 5.93. The van der Waals surface area contributed by atoms with Gasteiger partial charge in [0.2, 0.25) is 11.7 Å². The number of imidazole rings is 1. The smallest absolute Gasteiger partial charge is 0.319 e. The molecule has 134 valence electrons. The van der Waals surface area contributed by atoms with E-state index in [1.807, 2.05) is 0 Å². The zero-order valence-corrected chi connectivity index (χ0v) is 13.0. The molecule has 0 aliphatic rings. The number of anilines is 1. The van der Waals surface area contributed by atoms with Gasteiger partial charge in [0, 0.05) is 6.07 Å². The number of halogens is 3. The van der Waals surface area contributed by atoms with Gasteiger partial charge >= 0.3 is 6.18 Å². The number of benzene rings is 2. The number of para-hydroxylation sites is 4. The number of hydrogen-bond donors (Lipinski definition) is 1. The largest absolute Gasteiger partial charge is 0.449 e. The van der Waals surface area contributed by atoms with E-state index in [1.165, 1.54) is 48.5 Å². The van der Waals surface area contributed by atoms with E-state index in [9.17, 15) is 28.1 Å². The van der Waals surface area contributed by atoms with Gasteiger partial charge in [-0.15, -0.1) is 0 Å². The fourth-order valence-electron chi connectivity index (χ4n) is 2.52. The van der Waals surface area contributed by atoms with Gasteiger partial charge in [-0.1, -0.05) is 24.3 Å². The van der Waals surface area contributed by atoms with Crippen molar-refractivity contribution in [1.29, 1.82) is 0 Å². The Morgan fingerprint density at radius 3 is 2.50 bits per heavy atom. The first kappa shape index (κ1) is 17.4. The van der Waals surface area contributed by atoms with Crippen molar-refractivity contribution < 1.29 is 22.9 Å². The van der Waals surface area contributed by atoms with Crippen molar-refractivity contribution in [3.05, 3.63) is 64.5 Å². The Labute approximate surface area is 144 Å². The lowest BCUT2D eigenvalue weighted by Gasteiger charge is -2.11. The maximum atomic E-state index is 13.2. The number of nitrogens with zero attached hydrogens (tertiary/aromatic N) is 3. The van der Waals surface area contributed by atoms with Crippen LogP contribution in [0.15, 0.2) is 48.5 Å². The number of carbonyl (C=O) groups is 1. The van der Waals surface area contributed by atoms with Crippen LogP contribution in [0.25, 0.3) is 11.0 Å². The maximum Gasteiger partial charge on any atom is 0.449 e. The average molecular weight is 364 g/mol. The molecule has 0 aliphatic carbocycles. The van der Waals surface area contributed by atoms with E-state index in [2.05, 4.69) is 10.3 Å². The number of amides is 1. The highest BCUT2D eigenvalue weighted by Gasteiger charge is 2.38. The fourth-order valence-corrected chi connectivity index (χ4v) is 2.52. The lowest BCUT2D eigenvalue weighted by Crippen LogP contribution is -2.23. The van der Waals surface area contributed by atoms with Gasteiger partial charge in [0.15, 0.2) is 0 Å². The second-order valence-electron chi connectivity index (χ2n) is 5.33. The molecule has 0 saturated heterocycles. The maximum absolute atomic E-state index is 13.2. The standard InChI is InChI=1S/C16H11F3N4O3/c17-16(18,19)15-21-10-5-1-3-7-12(10)22(15)9-14(24)20-11-6-2-4-8-13(11)23(25)26/h1-8H,9H2,(H,20,24). The van der Waals surface area contributed by atoms with E-state index in [0.29, 0.717) is 0 Å². The Morgan fingerprint density at radius 2 is 1.81 bits per heavy atom. The molecule has 7 nitrogen and oxygen atoms in total. The van der Waals surface area contributed by atoms with Gasteiger partial charge in [0.05, 0.1) is 16.0 Å². The lowest BCUT2D eigenvalue weighted by atomic mass is 10.2. The number of aromatic nitrogens is 2. The first-order chi connectivity index (χ1) is 12.3. The van der Waals surface area contributed by atoms with Crippen LogP contribution in [0, 0.1) is 10.1 Å². The summed E-state index contributed by atoms with van der Waals surface area (Å²) >= 11 is 0. The Bertz CT molecular complexity index is 998. The Morgan fingerprint density at radius 1 is 1.15 bits per heavy atom. The summed E-state index contributed by atoms with van der Waals surface area (Å²) in [5.74, 6) is -2.05. The molecular formula is C16H11F3N4O3. The van der Waals surface area contributed by atoms with Crippen molar-refractivity contribution in [2.45, 2.75) is 12.7 Å². The molecule has 2 aromatic carbocycles.